The largest absolute Gasteiger partial charge is 0.493 e. The zero-order valence-electron chi connectivity index (χ0n) is 17.9. The van der Waals surface area contributed by atoms with Gasteiger partial charge >= 0.3 is 5.97 Å². The summed E-state index contributed by atoms with van der Waals surface area (Å²) in [6.45, 7) is 0.547. The number of carboxylic acids is 1. The lowest BCUT2D eigenvalue weighted by molar-refractivity contribution is -0.151. The Kier molecular flexibility index (Phi) is 6.40. The number of amides is 1. The fourth-order valence-electron chi connectivity index (χ4n) is 4.02. The molecule has 1 heterocycles. The van der Waals surface area contributed by atoms with E-state index >= 15 is 0 Å². The number of methoxy groups -OCH3 is 1. The summed E-state index contributed by atoms with van der Waals surface area (Å²) in [6.07, 6.45) is 0.319. The van der Waals surface area contributed by atoms with E-state index in [1.165, 1.54) is 4.90 Å². The maximum Gasteiger partial charge on any atom is 0.326 e. The van der Waals surface area contributed by atoms with Crippen LogP contribution in [0.1, 0.15) is 22.3 Å². The molecule has 0 saturated carbocycles. The van der Waals surface area contributed by atoms with Crippen molar-refractivity contribution in [3.63, 3.8) is 0 Å². The molecule has 6 heteroatoms. The normalized spacial score (nSPS) is 15.0. The van der Waals surface area contributed by atoms with E-state index in [9.17, 15) is 14.7 Å². The van der Waals surface area contributed by atoms with E-state index in [0.717, 1.165) is 22.3 Å². The van der Waals surface area contributed by atoms with Crippen LogP contribution in [0.25, 0.3) is 0 Å². The van der Waals surface area contributed by atoms with E-state index in [1.54, 1.807) is 13.2 Å². The summed E-state index contributed by atoms with van der Waals surface area (Å²) in [7, 11) is 1.56. The maximum absolute atomic E-state index is 13.0. The van der Waals surface area contributed by atoms with Gasteiger partial charge in [-0.1, -0.05) is 66.7 Å². The smallest absolute Gasteiger partial charge is 0.326 e. The fraction of sp³-hybridized carbons (Fsp3) is 0.231. The van der Waals surface area contributed by atoms with E-state index in [-0.39, 0.29) is 25.3 Å². The number of carbonyl (C=O) groups excluding carboxylic acids is 1. The molecule has 6 nitrogen and oxygen atoms in total. The summed E-state index contributed by atoms with van der Waals surface area (Å²) in [4.78, 5) is 26.6. The Bertz CT molecular complexity index is 1100. The molecule has 0 bridgehead atoms. The van der Waals surface area contributed by atoms with Gasteiger partial charge in [-0.15, -0.1) is 0 Å². The van der Waals surface area contributed by atoms with Crippen LogP contribution >= 0.6 is 0 Å². The van der Waals surface area contributed by atoms with Gasteiger partial charge in [0.25, 0.3) is 0 Å². The van der Waals surface area contributed by atoms with Gasteiger partial charge in [0.15, 0.2) is 11.5 Å². The Morgan fingerprint density at radius 3 is 2.25 bits per heavy atom. The van der Waals surface area contributed by atoms with E-state index in [2.05, 4.69) is 0 Å². The molecule has 0 aliphatic carbocycles. The fourth-order valence-corrected chi connectivity index (χ4v) is 4.02. The van der Waals surface area contributed by atoms with Gasteiger partial charge in [-0.2, -0.15) is 0 Å². The molecule has 0 saturated heterocycles. The molecule has 164 valence electrons. The topological polar surface area (TPSA) is 76.1 Å². The highest BCUT2D eigenvalue weighted by molar-refractivity contribution is 5.86. The second-order valence-corrected chi connectivity index (χ2v) is 7.75. The van der Waals surface area contributed by atoms with E-state index < -0.39 is 12.0 Å². The van der Waals surface area contributed by atoms with Crippen LogP contribution in [0.15, 0.2) is 72.8 Å². The number of nitrogens with zero attached hydrogens (tertiary/aromatic N) is 1. The molecule has 1 atom stereocenters. The standard InChI is InChI=1S/C26H25NO5/c1-31-23-13-12-20-16-27(24(28)14-18-8-4-2-5-9-18)22(26(29)30)15-21(20)25(23)32-17-19-10-6-3-7-11-19/h2-13,22H,14-17H2,1H3,(H,29,30). The Hall–Kier alpha value is -3.80. The van der Waals surface area contributed by atoms with Crippen LogP contribution in [0.2, 0.25) is 0 Å². The van der Waals surface area contributed by atoms with Crippen molar-refractivity contribution in [1.82, 2.24) is 4.90 Å². The number of hydrogen-bond acceptors (Lipinski definition) is 4. The van der Waals surface area contributed by atoms with Crippen molar-refractivity contribution in [2.75, 3.05) is 7.11 Å². The van der Waals surface area contributed by atoms with Gasteiger partial charge in [-0.25, -0.2) is 4.79 Å². The Balaban J connectivity index is 1.62. The molecule has 1 aliphatic heterocycles. The third-order valence-electron chi connectivity index (χ3n) is 5.69. The van der Waals surface area contributed by atoms with Crippen LogP contribution in [-0.4, -0.2) is 35.0 Å². The van der Waals surface area contributed by atoms with Gasteiger partial charge in [-0.3, -0.25) is 4.79 Å². The average molecular weight is 431 g/mol. The van der Waals surface area contributed by atoms with Crippen LogP contribution in [0.3, 0.4) is 0 Å². The summed E-state index contributed by atoms with van der Waals surface area (Å²) >= 11 is 0. The number of fused-ring (bicyclic) bond motifs is 1. The number of rotatable bonds is 7. The highest BCUT2D eigenvalue weighted by Crippen LogP contribution is 2.39. The molecule has 1 amide bonds. The molecule has 3 aromatic carbocycles. The van der Waals surface area contributed by atoms with Gasteiger partial charge < -0.3 is 19.5 Å². The molecular formula is C26H25NO5. The van der Waals surface area contributed by atoms with Crippen LogP contribution in [0, 0.1) is 0 Å². The number of carboxylic acid groups (broad SMARTS) is 1. The van der Waals surface area contributed by atoms with Gasteiger partial charge in [-0.05, 0) is 22.8 Å². The molecule has 1 aliphatic rings. The van der Waals surface area contributed by atoms with Crippen LogP contribution < -0.4 is 9.47 Å². The van der Waals surface area contributed by atoms with Crippen molar-refractivity contribution in [3.05, 3.63) is 95.1 Å². The summed E-state index contributed by atoms with van der Waals surface area (Å²) in [5.41, 5.74) is 3.50. The van der Waals surface area contributed by atoms with Crippen molar-refractivity contribution < 1.29 is 24.2 Å². The predicted molar refractivity (Wildman–Crippen MR) is 120 cm³/mol. The first-order chi connectivity index (χ1) is 15.6. The number of carbonyl (C=O) groups is 2. The van der Waals surface area contributed by atoms with Crippen molar-refractivity contribution in [2.45, 2.75) is 32.0 Å². The summed E-state index contributed by atoms with van der Waals surface area (Å²) in [6, 6.07) is 21.8. The summed E-state index contributed by atoms with van der Waals surface area (Å²) < 4.78 is 11.6. The Labute approximate surface area is 187 Å². The summed E-state index contributed by atoms with van der Waals surface area (Å²) in [5, 5.41) is 9.91. The van der Waals surface area contributed by atoms with E-state index in [1.807, 2.05) is 66.7 Å². The zero-order chi connectivity index (χ0) is 22.5. The molecule has 32 heavy (non-hydrogen) atoms. The van der Waals surface area contributed by atoms with E-state index in [0.29, 0.717) is 18.1 Å². The van der Waals surface area contributed by atoms with Crippen molar-refractivity contribution in [3.8, 4) is 11.5 Å². The van der Waals surface area contributed by atoms with Gasteiger partial charge in [0, 0.05) is 18.5 Å². The molecular weight excluding hydrogens is 406 g/mol. The second kappa shape index (κ2) is 9.56. The first-order valence-electron chi connectivity index (χ1n) is 10.5. The van der Waals surface area contributed by atoms with Crippen molar-refractivity contribution in [2.24, 2.45) is 0 Å². The molecule has 4 rings (SSSR count). The molecule has 3 aromatic rings. The SMILES string of the molecule is COc1ccc2c(c1OCc1ccccc1)CC(C(=O)O)N(C(=O)Cc1ccccc1)C2. The average Bonchev–Trinajstić information content (AvgIpc) is 2.82. The zero-order valence-corrected chi connectivity index (χ0v) is 17.9. The first kappa shape index (κ1) is 21.4. The van der Waals surface area contributed by atoms with Crippen molar-refractivity contribution >= 4 is 11.9 Å². The molecule has 1 N–H and O–H groups in total. The Morgan fingerprint density at radius 2 is 1.62 bits per heavy atom. The van der Waals surface area contributed by atoms with Crippen LogP contribution in [0.5, 0.6) is 11.5 Å². The molecule has 0 fully saturated rings. The van der Waals surface area contributed by atoms with Gasteiger partial charge in [0.05, 0.1) is 13.5 Å². The molecule has 0 spiro atoms. The number of benzene rings is 3. The minimum atomic E-state index is -1.03. The lowest BCUT2D eigenvalue weighted by atomic mass is 9.92. The third-order valence-corrected chi connectivity index (χ3v) is 5.69. The quantitative estimate of drug-likeness (QED) is 0.615. The molecule has 0 aromatic heterocycles. The third kappa shape index (κ3) is 4.59. The predicted octanol–water partition coefficient (Wildman–Crippen LogP) is 3.85. The Morgan fingerprint density at radius 1 is 0.969 bits per heavy atom. The van der Waals surface area contributed by atoms with Gasteiger partial charge in [0.1, 0.15) is 12.6 Å². The molecule has 0 radical (unpaired) electrons. The maximum atomic E-state index is 13.0. The number of hydrogen-bond donors (Lipinski definition) is 1. The second-order valence-electron chi connectivity index (χ2n) is 7.75. The van der Waals surface area contributed by atoms with Crippen LogP contribution in [0.4, 0.5) is 0 Å². The lowest BCUT2D eigenvalue weighted by Crippen LogP contribution is -2.49. The minimum absolute atomic E-state index is 0.159. The number of aliphatic carboxylic acids is 1. The minimum Gasteiger partial charge on any atom is -0.493 e. The van der Waals surface area contributed by atoms with E-state index in [4.69, 9.17) is 9.47 Å². The number of ether oxygens (including phenoxy) is 2. The van der Waals surface area contributed by atoms with Crippen LogP contribution in [-0.2, 0) is 35.6 Å². The highest BCUT2D eigenvalue weighted by atomic mass is 16.5. The van der Waals surface area contributed by atoms with Gasteiger partial charge in [0.2, 0.25) is 5.91 Å². The lowest BCUT2D eigenvalue weighted by Gasteiger charge is -2.35. The van der Waals surface area contributed by atoms with Crippen molar-refractivity contribution in [1.29, 1.82) is 0 Å². The highest BCUT2D eigenvalue weighted by Gasteiger charge is 2.36. The monoisotopic (exact) mass is 431 g/mol. The first-order valence-corrected chi connectivity index (χ1v) is 10.5. The summed E-state index contributed by atoms with van der Waals surface area (Å²) in [5.74, 6) is -0.158. The molecule has 1 unspecified atom stereocenters.